The Hall–Kier alpha value is -2.91. The van der Waals surface area contributed by atoms with Crippen molar-refractivity contribution >= 4 is 42.3 Å². The zero-order valence-corrected chi connectivity index (χ0v) is 18.1. The zero-order valence-electron chi connectivity index (χ0n) is 17.1. The number of aliphatic imine (C=N–C) groups is 1. The Bertz CT molecular complexity index is 1080. The molecule has 0 aliphatic carbocycles. The standard InChI is InChI=1S/C22H24N3O2Si/c1-22(2,3)20(27)25-21-23-17-10-9-15-8-7-14(11-12-28(4,5)6)13-16(15)18(17)19(26)24-21/h7-10,13H,1-6H3,(H,23,25,27). The maximum atomic E-state index is 12.7. The molecule has 3 rings (SSSR count). The number of benzene rings is 2. The fraction of sp³-hybridized carbons (Fsp3) is 0.318. The molecule has 1 radical (unpaired) electrons. The largest absolute Gasteiger partial charge is 0.294 e. The van der Waals surface area contributed by atoms with E-state index < -0.39 is 19.4 Å². The molecule has 0 saturated carbocycles. The van der Waals surface area contributed by atoms with Crippen LogP contribution in [0.4, 0.5) is 5.69 Å². The molecule has 0 unspecified atom stereocenters. The SMILES string of the molecule is CC(C)(C)C(=O)NC1=Nc2ccc3ccc(C#C[Si](C)(C)C)cc3c2C(=O)[N]1. The third kappa shape index (κ3) is 4.32. The molecule has 0 spiro atoms. The van der Waals surface area contributed by atoms with Gasteiger partial charge in [-0.2, -0.15) is 5.32 Å². The number of hydrogen-bond acceptors (Lipinski definition) is 3. The highest BCUT2D eigenvalue weighted by molar-refractivity contribution is 6.83. The van der Waals surface area contributed by atoms with Crippen molar-refractivity contribution in [3.63, 3.8) is 0 Å². The molecule has 6 heteroatoms. The molecule has 28 heavy (non-hydrogen) atoms. The molecule has 143 valence electrons. The molecule has 0 aromatic heterocycles. The van der Waals surface area contributed by atoms with Gasteiger partial charge in [0.05, 0.1) is 11.3 Å². The Morgan fingerprint density at radius 1 is 1.11 bits per heavy atom. The summed E-state index contributed by atoms with van der Waals surface area (Å²) < 4.78 is 0. The van der Waals surface area contributed by atoms with Gasteiger partial charge in [0.2, 0.25) is 11.9 Å². The number of hydrogen-bond donors (Lipinski definition) is 1. The van der Waals surface area contributed by atoms with Gasteiger partial charge in [-0.15, -0.1) is 5.54 Å². The molecule has 0 fully saturated rings. The molecule has 0 atom stereocenters. The van der Waals surface area contributed by atoms with Gasteiger partial charge >= 0.3 is 0 Å². The second-order valence-corrected chi connectivity index (χ2v) is 13.7. The predicted molar refractivity (Wildman–Crippen MR) is 115 cm³/mol. The summed E-state index contributed by atoms with van der Waals surface area (Å²) in [5.41, 5.74) is 4.56. The van der Waals surface area contributed by atoms with Gasteiger partial charge in [-0.25, -0.2) is 4.99 Å². The molecule has 0 bridgehead atoms. The van der Waals surface area contributed by atoms with Crippen LogP contribution in [-0.2, 0) is 4.79 Å². The first-order valence-corrected chi connectivity index (χ1v) is 12.7. The zero-order chi connectivity index (χ0) is 20.7. The molecule has 5 nitrogen and oxygen atoms in total. The van der Waals surface area contributed by atoms with Gasteiger partial charge in [0, 0.05) is 11.0 Å². The average Bonchev–Trinajstić information content (AvgIpc) is 2.57. The van der Waals surface area contributed by atoms with Crippen molar-refractivity contribution in [1.82, 2.24) is 10.6 Å². The molecule has 1 aliphatic rings. The van der Waals surface area contributed by atoms with E-state index >= 15 is 0 Å². The van der Waals surface area contributed by atoms with E-state index in [1.807, 2.05) is 24.3 Å². The molecule has 1 N–H and O–H groups in total. The number of guanidine groups is 1. The molecule has 1 aliphatic heterocycles. The number of carbonyl (C=O) groups excluding carboxylic acids is 2. The third-order valence-corrected chi connectivity index (χ3v) is 5.01. The van der Waals surface area contributed by atoms with Crippen molar-refractivity contribution in [3.8, 4) is 11.5 Å². The predicted octanol–water partition coefficient (Wildman–Crippen LogP) is 3.98. The lowest BCUT2D eigenvalue weighted by molar-refractivity contribution is -0.127. The maximum absolute atomic E-state index is 12.7. The third-order valence-electron chi connectivity index (χ3n) is 4.14. The highest BCUT2D eigenvalue weighted by atomic mass is 28.3. The van der Waals surface area contributed by atoms with Crippen molar-refractivity contribution in [2.24, 2.45) is 10.4 Å². The van der Waals surface area contributed by atoms with E-state index in [1.165, 1.54) is 0 Å². The molecule has 2 aromatic rings. The number of fused-ring (bicyclic) bond motifs is 3. The van der Waals surface area contributed by atoms with Gasteiger partial charge < -0.3 is 0 Å². The summed E-state index contributed by atoms with van der Waals surface area (Å²) in [6.07, 6.45) is 0. The van der Waals surface area contributed by atoms with Gasteiger partial charge in [0.25, 0.3) is 5.91 Å². The molecule has 2 aromatic carbocycles. The van der Waals surface area contributed by atoms with Crippen molar-refractivity contribution in [3.05, 3.63) is 41.5 Å². The van der Waals surface area contributed by atoms with Crippen LogP contribution in [0, 0.1) is 16.9 Å². The Morgan fingerprint density at radius 2 is 1.79 bits per heavy atom. The second-order valence-electron chi connectivity index (χ2n) is 8.95. The lowest BCUT2D eigenvalue weighted by atomic mass is 9.96. The van der Waals surface area contributed by atoms with Crippen LogP contribution in [-0.4, -0.2) is 25.8 Å². The van der Waals surface area contributed by atoms with Gasteiger partial charge in [0.1, 0.15) is 8.07 Å². The first kappa shape index (κ1) is 19.8. The van der Waals surface area contributed by atoms with Crippen molar-refractivity contribution in [2.75, 3.05) is 0 Å². The Labute approximate surface area is 166 Å². The van der Waals surface area contributed by atoms with Crippen molar-refractivity contribution in [2.45, 2.75) is 40.4 Å². The van der Waals surface area contributed by atoms with Crippen LogP contribution >= 0.6 is 0 Å². The van der Waals surface area contributed by atoms with E-state index in [1.54, 1.807) is 26.8 Å². The molecule has 0 saturated heterocycles. The number of rotatable bonds is 0. The molecule has 1 heterocycles. The Kier molecular flexibility index (Phi) is 4.90. The summed E-state index contributed by atoms with van der Waals surface area (Å²) in [6.45, 7) is 11.9. The molecular formula is C22H24N3O2Si. The highest BCUT2D eigenvalue weighted by Gasteiger charge is 2.28. The van der Waals surface area contributed by atoms with Gasteiger partial charge in [-0.05, 0) is 29.0 Å². The van der Waals surface area contributed by atoms with Crippen LogP contribution in [0.15, 0.2) is 35.3 Å². The lowest BCUT2D eigenvalue weighted by Crippen LogP contribution is -2.45. The van der Waals surface area contributed by atoms with Crippen molar-refractivity contribution < 1.29 is 9.59 Å². The van der Waals surface area contributed by atoms with Crippen LogP contribution in [0.3, 0.4) is 0 Å². The van der Waals surface area contributed by atoms with E-state index in [4.69, 9.17) is 0 Å². The minimum atomic E-state index is -1.50. The Morgan fingerprint density at radius 3 is 2.43 bits per heavy atom. The summed E-state index contributed by atoms with van der Waals surface area (Å²) >= 11 is 0. The monoisotopic (exact) mass is 390 g/mol. The summed E-state index contributed by atoms with van der Waals surface area (Å²) in [6, 6.07) is 9.53. The topological polar surface area (TPSA) is 72.6 Å². The van der Waals surface area contributed by atoms with Gasteiger partial charge in [0.15, 0.2) is 0 Å². The smallest absolute Gasteiger partial charge is 0.283 e. The van der Waals surface area contributed by atoms with Crippen LogP contribution < -0.4 is 10.6 Å². The molecule has 2 amide bonds. The first-order valence-electron chi connectivity index (χ1n) is 9.20. The molecular weight excluding hydrogens is 366 g/mol. The van der Waals surface area contributed by atoms with Crippen LogP contribution in [0.5, 0.6) is 0 Å². The van der Waals surface area contributed by atoms with Crippen LogP contribution in [0.1, 0.15) is 36.7 Å². The second kappa shape index (κ2) is 6.92. The van der Waals surface area contributed by atoms with E-state index in [-0.39, 0.29) is 11.9 Å². The summed E-state index contributed by atoms with van der Waals surface area (Å²) in [7, 11) is -1.50. The number of nitrogens with one attached hydrogen (secondary N) is 1. The van der Waals surface area contributed by atoms with Gasteiger partial charge in [-0.1, -0.05) is 58.5 Å². The van der Waals surface area contributed by atoms with Gasteiger partial charge in [-0.3, -0.25) is 14.9 Å². The van der Waals surface area contributed by atoms with Crippen molar-refractivity contribution in [1.29, 1.82) is 0 Å². The summed E-state index contributed by atoms with van der Waals surface area (Å²) in [5.74, 6) is 2.61. The van der Waals surface area contributed by atoms with E-state index in [2.05, 4.69) is 46.7 Å². The van der Waals surface area contributed by atoms with E-state index in [0.29, 0.717) is 11.3 Å². The fourth-order valence-electron chi connectivity index (χ4n) is 2.60. The normalized spacial score (nSPS) is 13.8. The minimum Gasteiger partial charge on any atom is -0.294 e. The van der Waals surface area contributed by atoms with Crippen LogP contribution in [0.25, 0.3) is 10.8 Å². The quantitative estimate of drug-likeness (QED) is 0.546. The van der Waals surface area contributed by atoms with E-state index in [9.17, 15) is 9.59 Å². The first-order chi connectivity index (χ1) is 12.9. The van der Waals surface area contributed by atoms with E-state index in [0.717, 1.165) is 16.3 Å². The highest BCUT2D eigenvalue weighted by Crippen LogP contribution is 2.31. The lowest BCUT2D eigenvalue weighted by Gasteiger charge is -2.20. The fourth-order valence-corrected chi connectivity index (χ4v) is 3.12. The van der Waals surface area contributed by atoms with Crippen LogP contribution in [0.2, 0.25) is 19.6 Å². The minimum absolute atomic E-state index is 0.0338. The number of nitrogens with zero attached hydrogens (tertiary/aromatic N) is 2. The number of carbonyl (C=O) groups is 2. The summed E-state index contributed by atoms with van der Waals surface area (Å²) in [4.78, 5) is 29.3. The summed E-state index contributed by atoms with van der Waals surface area (Å²) in [5, 5.41) is 8.33. The average molecular weight is 391 g/mol. The maximum Gasteiger partial charge on any atom is 0.283 e. The number of amides is 2. The Balaban J connectivity index is 2.05.